The predicted molar refractivity (Wildman–Crippen MR) is 67.8 cm³/mol. The van der Waals surface area contributed by atoms with Crippen molar-refractivity contribution < 1.29 is 24.2 Å². The normalized spacial score (nSPS) is 11.5. The number of carbonyl (C=O) groups is 2. The number of esters is 1. The first kappa shape index (κ1) is 14.8. The third kappa shape index (κ3) is 3.85. The van der Waals surface area contributed by atoms with Crippen molar-refractivity contribution >= 4 is 17.6 Å². The van der Waals surface area contributed by atoms with Crippen LogP contribution in [0.1, 0.15) is 10.4 Å². The van der Waals surface area contributed by atoms with E-state index in [2.05, 4.69) is 10.1 Å². The number of benzene rings is 1. The zero-order valence-electron chi connectivity index (χ0n) is 10.7. The molecule has 0 aliphatic rings. The van der Waals surface area contributed by atoms with Crippen molar-refractivity contribution in [2.45, 2.75) is 6.10 Å². The zero-order valence-corrected chi connectivity index (χ0v) is 10.7. The molecule has 0 fully saturated rings. The number of carbonyl (C=O) groups excluding carboxylic acids is 2. The van der Waals surface area contributed by atoms with Crippen LogP contribution in [-0.4, -0.2) is 43.9 Å². The van der Waals surface area contributed by atoms with Gasteiger partial charge >= 0.3 is 5.97 Å². The molecular weight excluding hydrogens is 252 g/mol. The fourth-order valence-corrected chi connectivity index (χ4v) is 1.40. The molecule has 0 aliphatic carbocycles. The van der Waals surface area contributed by atoms with Crippen LogP contribution in [0.15, 0.2) is 18.2 Å². The molecule has 0 radical (unpaired) electrons. The Morgan fingerprint density at radius 1 is 1.42 bits per heavy atom. The molecule has 1 amide bonds. The molecule has 19 heavy (non-hydrogen) atoms. The molecule has 104 valence electrons. The number of ether oxygens (including phenoxy) is 2. The van der Waals surface area contributed by atoms with Gasteiger partial charge in [0.15, 0.2) is 6.10 Å². The molecule has 7 nitrogen and oxygen atoms in total. The highest BCUT2D eigenvalue weighted by Gasteiger charge is 2.18. The molecule has 0 aromatic heterocycles. The number of nitrogen functional groups attached to an aromatic ring is 1. The maximum atomic E-state index is 11.9. The summed E-state index contributed by atoms with van der Waals surface area (Å²) >= 11 is 0. The van der Waals surface area contributed by atoms with Crippen LogP contribution in [0, 0.1) is 0 Å². The Balaban J connectivity index is 2.71. The minimum absolute atomic E-state index is 0.251. The quantitative estimate of drug-likeness (QED) is 0.492. The molecule has 0 bridgehead atoms. The molecule has 7 heteroatoms. The first-order chi connectivity index (χ1) is 8.99. The minimum atomic E-state index is -1.41. The van der Waals surface area contributed by atoms with E-state index in [0.717, 1.165) is 7.11 Å². The topological polar surface area (TPSA) is 111 Å². The summed E-state index contributed by atoms with van der Waals surface area (Å²) in [5.74, 6) is -0.991. The van der Waals surface area contributed by atoms with E-state index in [1.807, 2.05) is 0 Å². The number of hydrogen-bond acceptors (Lipinski definition) is 6. The van der Waals surface area contributed by atoms with E-state index in [9.17, 15) is 14.7 Å². The summed E-state index contributed by atoms with van der Waals surface area (Å²) in [5, 5.41) is 11.7. The van der Waals surface area contributed by atoms with E-state index < -0.39 is 18.0 Å². The van der Waals surface area contributed by atoms with Crippen LogP contribution in [0.4, 0.5) is 5.69 Å². The second-order valence-electron chi connectivity index (χ2n) is 3.71. The monoisotopic (exact) mass is 268 g/mol. The van der Waals surface area contributed by atoms with Crippen molar-refractivity contribution in [2.75, 3.05) is 26.5 Å². The Morgan fingerprint density at radius 2 is 2.11 bits per heavy atom. The molecule has 1 aromatic rings. The lowest BCUT2D eigenvalue weighted by molar-refractivity contribution is -0.149. The Labute approximate surface area is 110 Å². The summed E-state index contributed by atoms with van der Waals surface area (Å²) in [7, 11) is 2.56. The standard InChI is InChI=1S/C12H16N2O5/c1-18-10-5-7(13)3-4-8(10)11(16)14-6-9(15)12(17)19-2/h3-5,9,15H,6,13H2,1-2H3,(H,14,16). The van der Waals surface area contributed by atoms with Crippen molar-refractivity contribution in [1.29, 1.82) is 0 Å². The van der Waals surface area contributed by atoms with Crippen molar-refractivity contribution in [3.05, 3.63) is 23.8 Å². The van der Waals surface area contributed by atoms with Crippen molar-refractivity contribution in [2.24, 2.45) is 0 Å². The molecule has 1 atom stereocenters. The first-order valence-corrected chi connectivity index (χ1v) is 5.47. The highest BCUT2D eigenvalue weighted by atomic mass is 16.5. The molecule has 4 N–H and O–H groups in total. The molecule has 0 saturated carbocycles. The van der Waals surface area contributed by atoms with Gasteiger partial charge in [0.1, 0.15) is 5.75 Å². The first-order valence-electron chi connectivity index (χ1n) is 5.47. The van der Waals surface area contributed by atoms with Crippen molar-refractivity contribution in [3.8, 4) is 5.75 Å². The van der Waals surface area contributed by atoms with Crippen LogP contribution in [-0.2, 0) is 9.53 Å². The molecule has 0 saturated heterocycles. The summed E-state index contributed by atoms with van der Waals surface area (Å²) in [6.45, 7) is -0.251. The largest absolute Gasteiger partial charge is 0.496 e. The van der Waals surface area contributed by atoms with E-state index in [1.165, 1.54) is 19.2 Å². The van der Waals surface area contributed by atoms with Crippen LogP contribution in [0.2, 0.25) is 0 Å². The average molecular weight is 268 g/mol. The van der Waals surface area contributed by atoms with Crippen molar-refractivity contribution in [1.82, 2.24) is 5.32 Å². The summed E-state index contributed by atoms with van der Waals surface area (Å²) < 4.78 is 9.36. The number of anilines is 1. The smallest absolute Gasteiger partial charge is 0.336 e. The minimum Gasteiger partial charge on any atom is -0.496 e. The number of nitrogens with one attached hydrogen (secondary N) is 1. The number of aliphatic hydroxyl groups excluding tert-OH is 1. The van der Waals surface area contributed by atoms with Gasteiger partial charge in [-0.15, -0.1) is 0 Å². The molecular formula is C12H16N2O5. The fourth-order valence-electron chi connectivity index (χ4n) is 1.40. The van der Waals surface area contributed by atoms with Crippen LogP contribution in [0.25, 0.3) is 0 Å². The maximum absolute atomic E-state index is 11.9. The summed E-state index contributed by atoms with van der Waals surface area (Å²) in [5.41, 5.74) is 6.29. The summed E-state index contributed by atoms with van der Waals surface area (Å²) in [4.78, 5) is 22.8. The SMILES string of the molecule is COC(=O)C(O)CNC(=O)c1ccc(N)cc1OC. The van der Waals surface area contributed by atoms with Gasteiger partial charge in [-0.3, -0.25) is 4.79 Å². The van der Waals surface area contributed by atoms with E-state index in [1.54, 1.807) is 6.07 Å². The van der Waals surface area contributed by atoms with E-state index >= 15 is 0 Å². The highest BCUT2D eigenvalue weighted by molar-refractivity contribution is 5.97. The van der Waals surface area contributed by atoms with Gasteiger partial charge in [0.2, 0.25) is 0 Å². The van der Waals surface area contributed by atoms with E-state index in [-0.39, 0.29) is 12.1 Å². The predicted octanol–water partition coefficient (Wildman–Crippen LogP) is -0.459. The van der Waals surface area contributed by atoms with Crippen LogP contribution < -0.4 is 15.8 Å². The Bertz CT molecular complexity index is 475. The van der Waals surface area contributed by atoms with Gasteiger partial charge in [-0.05, 0) is 12.1 Å². The van der Waals surface area contributed by atoms with Gasteiger partial charge in [-0.25, -0.2) is 4.79 Å². The maximum Gasteiger partial charge on any atom is 0.336 e. The van der Waals surface area contributed by atoms with Crippen LogP contribution >= 0.6 is 0 Å². The van der Waals surface area contributed by atoms with Gasteiger partial charge in [0, 0.05) is 11.8 Å². The van der Waals surface area contributed by atoms with Crippen molar-refractivity contribution in [3.63, 3.8) is 0 Å². The number of aliphatic hydroxyl groups is 1. The van der Waals surface area contributed by atoms with Gasteiger partial charge in [0.05, 0.1) is 26.3 Å². The Morgan fingerprint density at radius 3 is 2.68 bits per heavy atom. The number of amides is 1. The average Bonchev–Trinajstić information content (AvgIpc) is 2.43. The second-order valence-corrected chi connectivity index (χ2v) is 3.71. The number of rotatable bonds is 5. The van der Waals surface area contributed by atoms with Crippen LogP contribution in [0.3, 0.4) is 0 Å². The lowest BCUT2D eigenvalue weighted by Crippen LogP contribution is -2.37. The summed E-state index contributed by atoms with van der Waals surface area (Å²) in [6, 6.07) is 4.55. The number of nitrogens with two attached hydrogens (primary N) is 1. The Kier molecular flexibility index (Phi) is 5.13. The fraction of sp³-hybridized carbons (Fsp3) is 0.333. The van der Waals surface area contributed by atoms with Gasteiger partial charge in [0.25, 0.3) is 5.91 Å². The highest BCUT2D eigenvalue weighted by Crippen LogP contribution is 2.21. The van der Waals surface area contributed by atoms with E-state index in [4.69, 9.17) is 10.5 Å². The molecule has 0 aliphatic heterocycles. The molecule has 0 spiro atoms. The zero-order chi connectivity index (χ0) is 14.4. The second kappa shape index (κ2) is 6.60. The van der Waals surface area contributed by atoms with E-state index in [0.29, 0.717) is 11.4 Å². The number of hydrogen-bond donors (Lipinski definition) is 3. The number of methoxy groups -OCH3 is 2. The van der Waals surface area contributed by atoms with Gasteiger partial charge in [-0.1, -0.05) is 0 Å². The van der Waals surface area contributed by atoms with Gasteiger partial charge in [-0.2, -0.15) is 0 Å². The lowest BCUT2D eigenvalue weighted by Gasteiger charge is -2.12. The molecule has 1 aromatic carbocycles. The molecule has 0 heterocycles. The third-order valence-corrected chi connectivity index (χ3v) is 2.40. The van der Waals surface area contributed by atoms with Gasteiger partial charge < -0.3 is 25.6 Å². The van der Waals surface area contributed by atoms with Crippen LogP contribution in [0.5, 0.6) is 5.75 Å². The molecule has 1 unspecified atom stereocenters. The lowest BCUT2D eigenvalue weighted by atomic mass is 10.1. The molecule has 1 rings (SSSR count). The third-order valence-electron chi connectivity index (χ3n) is 2.40. The Hall–Kier alpha value is -2.28. The summed E-state index contributed by atoms with van der Waals surface area (Å²) in [6.07, 6.45) is -1.41.